The number of aliphatic hydroxyl groups excluding tert-OH is 2. The second-order valence-electron chi connectivity index (χ2n) is 12.1. The molecule has 1 aromatic carbocycles. The predicted molar refractivity (Wildman–Crippen MR) is 134 cm³/mol. The molecule has 2 saturated carbocycles. The Hall–Kier alpha value is -2.59. The van der Waals surface area contributed by atoms with E-state index in [-0.39, 0.29) is 25.0 Å². The summed E-state index contributed by atoms with van der Waals surface area (Å²) in [6, 6.07) is 8.28. The standard InChI is InChI=1S/C29H36O9/c1-15-11-12-29(35)24(37-25(34)17-9-7-6-8-10-17)22-27(5,23(33)21(32)20(15)26(29,3)4)18(31)13-19-28(22,14-36-19)38-16(2)30/h6-10,18-19,21-22,24,31-32,35H,11-14H2,1-5H3/t18-,19+,21+,22-,24-,27+,28-,29+/m0/s1. The summed E-state index contributed by atoms with van der Waals surface area (Å²) in [5.41, 5.74) is -4.85. The maximum absolute atomic E-state index is 14.3. The van der Waals surface area contributed by atoms with Crippen molar-refractivity contribution in [2.75, 3.05) is 6.61 Å². The van der Waals surface area contributed by atoms with Crippen molar-refractivity contribution < 1.29 is 43.9 Å². The van der Waals surface area contributed by atoms with E-state index in [9.17, 15) is 29.7 Å². The van der Waals surface area contributed by atoms with E-state index in [0.29, 0.717) is 12.0 Å². The number of esters is 2. The van der Waals surface area contributed by atoms with E-state index in [2.05, 4.69) is 0 Å². The van der Waals surface area contributed by atoms with Crippen LogP contribution in [0.5, 0.6) is 0 Å². The van der Waals surface area contributed by atoms with Crippen molar-refractivity contribution in [2.45, 2.75) is 89.5 Å². The van der Waals surface area contributed by atoms with Gasteiger partial charge in [-0.25, -0.2) is 4.79 Å². The number of allylic oxidation sites excluding steroid dienone is 1. The Balaban J connectivity index is 1.79. The van der Waals surface area contributed by atoms with Gasteiger partial charge in [-0.15, -0.1) is 0 Å². The first-order chi connectivity index (χ1) is 17.7. The van der Waals surface area contributed by atoms with Gasteiger partial charge in [0.2, 0.25) is 0 Å². The number of hydrogen-bond acceptors (Lipinski definition) is 9. The van der Waals surface area contributed by atoms with Crippen LogP contribution in [0.4, 0.5) is 0 Å². The molecule has 0 unspecified atom stereocenters. The van der Waals surface area contributed by atoms with E-state index in [1.54, 1.807) is 44.2 Å². The number of carbonyl (C=O) groups excluding carboxylic acids is 3. The van der Waals surface area contributed by atoms with Crippen molar-refractivity contribution in [3.8, 4) is 0 Å². The molecule has 38 heavy (non-hydrogen) atoms. The largest absolute Gasteiger partial charge is 0.455 e. The number of rotatable bonds is 3. The molecule has 8 atom stereocenters. The van der Waals surface area contributed by atoms with Crippen LogP contribution in [-0.2, 0) is 23.8 Å². The normalized spacial score (nSPS) is 41.6. The van der Waals surface area contributed by atoms with Gasteiger partial charge >= 0.3 is 11.9 Å². The van der Waals surface area contributed by atoms with Crippen LogP contribution >= 0.6 is 0 Å². The maximum atomic E-state index is 14.3. The van der Waals surface area contributed by atoms with Crippen molar-refractivity contribution in [2.24, 2.45) is 16.7 Å². The highest BCUT2D eigenvalue weighted by Crippen LogP contribution is 2.63. The van der Waals surface area contributed by atoms with Gasteiger partial charge in [-0.05, 0) is 44.4 Å². The molecular weight excluding hydrogens is 492 g/mol. The van der Waals surface area contributed by atoms with Gasteiger partial charge in [-0.2, -0.15) is 0 Å². The fourth-order valence-electron chi connectivity index (χ4n) is 7.69. The summed E-state index contributed by atoms with van der Waals surface area (Å²) >= 11 is 0. The molecule has 3 fully saturated rings. The first-order valence-corrected chi connectivity index (χ1v) is 13.1. The Kier molecular flexibility index (Phi) is 6.19. The van der Waals surface area contributed by atoms with Crippen LogP contribution in [-0.4, -0.2) is 75.3 Å². The van der Waals surface area contributed by atoms with Gasteiger partial charge < -0.3 is 29.5 Å². The van der Waals surface area contributed by atoms with Crippen LogP contribution in [0.2, 0.25) is 0 Å². The van der Waals surface area contributed by atoms with Gasteiger partial charge in [0.25, 0.3) is 0 Å². The third-order valence-electron chi connectivity index (χ3n) is 9.86. The molecule has 3 aliphatic carbocycles. The number of aliphatic hydroxyl groups is 3. The van der Waals surface area contributed by atoms with Gasteiger partial charge in [0.1, 0.15) is 23.9 Å². The summed E-state index contributed by atoms with van der Waals surface area (Å²) < 4.78 is 17.8. The van der Waals surface area contributed by atoms with E-state index in [1.807, 2.05) is 6.92 Å². The number of ketones is 1. The Bertz CT molecular complexity index is 1210. The van der Waals surface area contributed by atoms with Crippen LogP contribution in [0.3, 0.4) is 0 Å². The van der Waals surface area contributed by atoms with Crippen molar-refractivity contribution in [3.63, 3.8) is 0 Å². The highest BCUT2D eigenvalue weighted by atomic mass is 16.6. The van der Waals surface area contributed by atoms with Crippen molar-refractivity contribution in [1.82, 2.24) is 0 Å². The molecule has 1 aliphatic heterocycles. The molecule has 5 rings (SSSR count). The minimum atomic E-state index is -1.79. The average molecular weight is 529 g/mol. The van der Waals surface area contributed by atoms with E-state index < -0.39 is 70.1 Å². The lowest BCUT2D eigenvalue weighted by Crippen LogP contribution is -2.81. The van der Waals surface area contributed by atoms with Crippen molar-refractivity contribution in [1.29, 1.82) is 0 Å². The number of ether oxygens (including phenoxy) is 3. The zero-order chi connectivity index (χ0) is 27.8. The van der Waals surface area contributed by atoms with Gasteiger partial charge in [0, 0.05) is 18.8 Å². The van der Waals surface area contributed by atoms with Crippen LogP contribution < -0.4 is 0 Å². The second-order valence-corrected chi connectivity index (χ2v) is 12.1. The molecule has 4 aliphatic rings. The number of hydrogen-bond donors (Lipinski definition) is 3. The third-order valence-corrected chi connectivity index (χ3v) is 9.86. The monoisotopic (exact) mass is 528 g/mol. The summed E-state index contributed by atoms with van der Waals surface area (Å²) in [6.07, 6.45) is -4.63. The molecule has 1 aromatic rings. The van der Waals surface area contributed by atoms with Gasteiger partial charge in [-0.1, -0.05) is 37.6 Å². The smallest absolute Gasteiger partial charge is 0.338 e. The third kappa shape index (κ3) is 3.41. The van der Waals surface area contributed by atoms with Crippen molar-refractivity contribution >= 4 is 17.7 Å². The fraction of sp³-hybridized carbons (Fsp3) is 0.621. The summed E-state index contributed by atoms with van der Waals surface area (Å²) in [7, 11) is 0. The quantitative estimate of drug-likeness (QED) is 0.398. The molecule has 0 radical (unpaired) electrons. The number of carbonyl (C=O) groups is 3. The molecular formula is C29H36O9. The summed E-state index contributed by atoms with van der Waals surface area (Å²) in [5.74, 6) is -3.23. The zero-order valence-electron chi connectivity index (χ0n) is 22.4. The first-order valence-electron chi connectivity index (χ1n) is 13.1. The molecule has 0 aromatic heterocycles. The molecule has 1 heterocycles. The van der Waals surface area contributed by atoms with Gasteiger partial charge in [-0.3, -0.25) is 9.59 Å². The Morgan fingerprint density at radius 2 is 1.76 bits per heavy atom. The second kappa shape index (κ2) is 8.71. The Morgan fingerprint density at radius 1 is 1.11 bits per heavy atom. The van der Waals surface area contributed by atoms with Crippen LogP contribution in [0.15, 0.2) is 41.5 Å². The average Bonchev–Trinajstić information content (AvgIpc) is 2.85. The fourth-order valence-corrected chi connectivity index (χ4v) is 7.69. The summed E-state index contributed by atoms with van der Waals surface area (Å²) in [5, 5.41) is 35.6. The minimum Gasteiger partial charge on any atom is -0.455 e. The predicted octanol–water partition coefficient (Wildman–Crippen LogP) is 2.11. The number of Topliss-reactive ketones (excluding diaryl/α,β-unsaturated/α-hetero) is 1. The molecule has 3 N–H and O–H groups in total. The summed E-state index contributed by atoms with van der Waals surface area (Å²) in [6.45, 7) is 7.89. The molecule has 9 heteroatoms. The van der Waals surface area contributed by atoms with Crippen LogP contribution in [0.25, 0.3) is 0 Å². The SMILES string of the molecule is CC(=O)O[C@@]12CO[C@@H]1C[C@H](O)[C@@]1(C)C(=O)[C@H](O)C3=C(C)CC[C@@](O)([C@@H](OC(=O)c4ccccc4)[C@H]21)C3(C)C. The Morgan fingerprint density at radius 3 is 2.34 bits per heavy atom. The van der Waals surface area contributed by atoms with Crippen LogP contribution in [0.1, 0.15) is 64.2 Å². The molecule has 9 nitrogen and oxygen atoms in total. The Labute approximate surface area is 221 Å². The van der Waals surface area contributed by atoms with Crippen molar-refractivity contribution in [3.05, 3.63) is 47.0 Å². The highest BCUT2D eigenvalue weighted by Gasteiger charge is 2.77. The first kappa shape index (κ1) is 27.0. The summed E-state index contributed by atoms with van der Waals surface area (Å²) in [4.78, 5) is 40.2. The van der Waals surface area contributed by atoms with Crippen LogP contribution in [0, 0.1) is 16.7 Å². The minimum absolute atomic E-state index is 0.0298. The van der Waals surface area contributed by atoms with E-state index in [0.717, 1.165) is 5.57 Å². The lowest BCUT2D eigenvalue weighted by Gasteiger charge is -2.67. The molecule has 206 valence electrons. The van der Waals surface area contributed by atoms with Gasteiger partial charge in [0.15, 0.2) is 11.4 Å². The van der Waals surface area contributed by atoms with E-state index >= 15 is 0 Å². The maximum Gasteiger partial charge on any atom is 0.338 e. The molecule has 1 saturated heterocycles. The van der Waals surface area contributed by atoms with Gasteiger partial charge in [0.05, 0.1) is 29.6 Å². The van der Waals surface area contributed by atoms with E-state index in [4.69, 9.17) is 14.2 Å². The molecule has 0 amide bonds. The topological polar surface area (TPSA) is 140 Å². The lowest BCUT2D eigenvalue weighted by atomic mass is 9.45. The highest BCUT2D eigenvalue weighted by molar-refractivity contribution is 5.94. The molecule has 2 bridgehead atoms. The number of benzene rings is 1. The number of fused-ring (bicyclic) bond motifs is 5. The zero-order valence-corrected chi connectivity index (χ0v) is 22.4. The lowest BCUT2D eigenvalue weighted by molar-refractivity contribution is -0.345. The molecule has 0 spiro atoms. The van der Waals surface area contributed by atoms with E-state index in [1.165, 1.54) is 13.8 Å².